The summed E-state index contributed by atoms with van der Waals surface area (Å²) < 4.78 is 71.6. The van der Waals surface area contributed by atoms with Gasteiger partial charge in [-0.2, -0.15) is 18.3 Å². The summed E-state index contributed by atoms with van der Waals surface area (Å²) in [6.45, 7) is 0. The van der Waals surface area contributed by atoms with Crippen molar-refractivity contribution >= 4 is 22.3 Å². The van der Waals surface area contributed by atoms with Crippen molar-refractivity contribution in [2.24, 2.45) is 0 Å². The van der Waals surface area contributed by atoms with Crippen LogP contribution in [0.15, 0.2) is 48.9 Å². The number of aromatic nitrogens is 2. The predicted molar refractivity (Wildman–Crippen MR) is 103 cm³/mol. The highest BCUT2D eigenvalue weighted by molar-refractivity contribution is 5.84. The van der Waals surface area contributed by atoms with Gasteiger partial charge >= 0.3 is 6.18 Å². The molecule has 30 heavy (non-hydrogen) atoms. The van der Waals surface area contributed by atoms with Gasteiger partial charge in [-0.3, -0.25) is 5.10 Å². The van der Waals surface area contributed by atoms with E-state index in [2.05, 4.69) is 10.2 Å². The molecule has 1 saturated carbocycles. The maximum absolute atomic E-state index is 14.9. The lowest BCUT2D eigenvalue weighted by molar-refractivity contribution is -0.144. The van der Waals surface area contributed by atoms with Gasteiger partial charge in [0, 0.05) is 18.1 Å². The molecule has 0 amide bonds. The van der Waals surface area contributed by atoms with Crippen molar-refractivity contribution in [3.8, 4) is 0 Å². The first-order valence-corrected chi connectivity index (χ1v) is 9.57. The summed E-state index contributed by atoms with van der Waals surface area (Å²) in [6.07, 6.45) is -0.574. The zero-order valence-corrected chi connectivity index (χ0v) is 15.6. The zero-order valence-electron chi connectivity index (χ0n) is 15.6. The van der Waals surface area contributed by atoms with E-state index in [1.54, 1.807) is 6.07 Å². The number of nitrogens with one attached hydrogen (secondary N) is 1. The standard InChI is InChI=1S/C21H17F5N4/c22-16-10-13(4-5-14(16)12-2-1-3-12)29-8-9-30(20(29)21(24,25)26)18-7-6-17-15(19(18)23)11-27-28-17/h4-12,20H,1-3H2,(H,27,28). The number of fused-ring (bicyclic) bond motifs is 1. The molecule has 1 atom stereocenters. The summed E-state index contributed by atoms with van der Waals surface area (Å²) in [7, 11) is 0. The van der Waals surface area contributed by atoms with Crippen molar-refractivity contribution in [3.05, 3.63) is 66.1 Å². The lowest BCUT2D eigenvalue weighted by Crippen LogP contribution is -2.50. The van der Waals surface area contributed by atoms with Gasteiger partial charge < -0.3 is 9.80 Å². The van der Waals surface area contributed by atoms with Gasteiger partial charge in [0.1, 0.15) is 5.82 Å². The third kappa shape index (κ3) is 2.91. The summed E-state index contributed by atoms with van der Waals surface area (Å²) in [6, 6.07) is 6.89. The number of anilines is 2. The van der Waals surface area contributed by atoms with Gasteiger partial charge in [0.05, 0.1) is 22.8 Å². The van der Waals surface area contributed by atoms with Crippen LogP contribution in [0.4, 0.5) is 33.3 Å². The third-order valence-corrected chi connectivity index (χ3v) is 5.85. The molecule has 1 unspecified atom stereocenters. The lowest BCUT2D eigenvalue weighted by atomic mass is 9.80. The molecule has 1 aliphatic carbocycles. The molecule has 0 radical (unpaired) electrons. The molecule has 4 nitrogen and oxygen atoms in total. The molecule has 1 fully saturated rings. The fraction of sp³-hybridized carbons (Fsp3) is 0.286. The van der Waals surface area contributed by atoms with Crippen LogP contribution in [0.3, 0.4) is 0 Å². The van der Waals surface area contributed by atoms with Gasteiger partial charge in [0.15, 0.2) is 5.82 Å². The monoisotopic (exact) mass is 420 g/mol. The number of H-pyrrole nitrogens is 1. The number of rotatable bonds is 3. The van der Waals surface area contributed by atoms with E-state index in [4.69, 9.17) is 0 Å². The van der Waals surface area contributed by atoms with E-state index in [9.17, 15) is 22.0 Å². The number of aromatic amines is 1. The average molecular weight is 420 g/mol. The van der Waals surface area contributed by atoms with Crippen molar-refractivity contribution in [2.75, 3.05) is 9.80 Å². The summed E-state index contributed by atoms with van der Waals surface area (Å²) in [5.74, 6) is -1.21. The zero-order chi connectivity index (χ0) is 21.0. The molecule has 1 aliphatic heterocycles. The summed E-state index contributed by atoms with van der Waals surface area (Å²) in [4.78, 5) is 1.71. The molecule has 0 spiro atoms. The number of halogens is 5. The number of hydrogen-bond acceptors (Lipinski definition) is 3. The molecule has 3 aromatic rings. The van der Waals surface area contributed by atoms with Crippen molar-refractivity contribution in [1.82, 2.24) is 10.2 Å². The van der Waals surface area contributed by atoms with Crippen LogP contribution in [0.2, 0.25) is 0 Å². The summed E-state index contributed by atoms with van der Waals surface area (Å²) in [5, 5.41) is 6.41. The van der Waals surface area contributed by atoms with Crippen LogP contribution in [0, 0.1) is 11.6 Å². The first-order chi connectivity index (χ1) is 14.3. The Hall–Kier alpha value is -3.10. The normalized spacial score (nSPS) is 19.7. The minimum atomic E-state index is -4.73. The highest BCUT2D eigenvalue weighted by Gasteiger charge is 2.50. The Bertz CT molecular complexity index is 1130. The highest BCUT2D eigenvalue weighted by Crippen LogP contribution is 2.42. The maximum atomic E-state index is 14.9. The molecule has 0 bridgehead atoms. The molecule has 1 N–H and O–H groups in total. The van der Waals surface area contributed by atoms with Crippen LogP contribution >= 0.6 is 0 Å². The van der Waals surface area contributed by atoms with Gasteiger partial charge in [-0.1, -0.05) is 12.5 Å². The van der Waals surface area contributed by atoms with E-state index < -0.39 is 24.0 Å². The van der Waals surface area contributed by atoms with Gasteiger partial charge in [0.25, 0.3) is 0 Å². The molecule has 2 heterocycles. The van der Waals surface area contributed by atoms with Gasteiger partial charge in [-0.05, 0) is 48.6 Å². The van der Waals surface area contributed by atoms with Crippen LogP contribution in [0.1, 0.15) is 30.7 Å². The second-order valence-corrected chi connectivity index (χ2v) is 7.59. The molecular weight excluding hydrogens is 403 g/mol. The Morgan fingerprint density at radius 1 is 1.00 bits per heavy atom. The SMILES string of the molecule is Fc1cc(N2C=CN(c3ccc4[nH]ncc4c3F)C2C(F)(F)F)ccc1C1CCC1. The van der Waals surface area contributed by atoms with E-state index in [1.165, 1.54) is 30.6 Å². The van der Waals surface area contributed by atoms with Crippen molar-refractivity contribution < 1.29 is 22.0 Å². The van der Waals surface area contributed by atoms with Gasteiger partial charge in [-0.25, -0.2) is 8.78 Å². The first kappa shape index (κ1) is 18.9. The van der Waals surface area contributed by atoms with Crippen molar-refractivity contribution in [3.63, 3.8) is 0 Å². The van der Waals surface area contributed by atoms with E-state index in [1.807, 2.05) is 0 Å². The van der Waals surface area contributed by atoms with Crippen molar-refractivity contribution in [1.29, 1.82) is 0 Å². The van der Waals surface area contributed by atoms with E-state index in [0.717, 1.165) is 41.3 Å². The van der Waals surface area contributed by atoms with Gasteiger partial charge in [-0.15, -0.1) is 0 Å². The predicted octanol–water partition coefficient (Wildman–Crippen LogP) is 5.79. The Labute approximate surface area is 168 Å². The van der Waals surface area contributed by atoms with Crippen LogP contribution < -0.4 is 9.80 Å². The molecule has 2 aromatic carbocycles. The smallest absolute Gasteiger partial charge is 0.317 e. The van der Waals surface area contributed by atoms with Crippen LogP contribution in [0.5, 0.6) is 0 Å². The number of hydrogen-bond donors (Lipinski definition) is 1. The van der Waals surface area contributed by atoms with Crippen LogP contribution in [-0.4, -0.2) is 22.5 Å². The second kappa shape index (κ2) is 6.72. The van der Waals surface area contributed by atoms with E-state index in [0.29, 0.717) is 11.1 Å². The fourth-order valence-electron chi connectivity index (χ4n) is 4.09. The molecule has 1 aromatic heterocycles. The molecular formula is C21H17F5N4. The topological polar surface area (TPSA) is 35.2 Å². The Morgan fingerprint density at radius 3 is 2.43 bits per heavy atom. The number of nitrogens with zero attached hydrogens (tertiary/aromatic N) is 3. The minimum Gasteiger partial charge on any atom is -0.317 e. The number of benzene rings is 2. The Balaban J connectivity index is 1.53. The summed E-state index contributed by atoms with van der Waals surface area (Å²) >= 11 is 0. The molecule has 9 heteroatoms. The molecule has 156 valence electrons. The average Bonchev–Trinajstić information content (AvgIpc) is 3.29. The third-order valence-electron chi connectivity index (χ3n) is 5.85. The molecule has 0 saturated heterocycles. The first-order valence-electron chi connectivity index (χ1n) is 9.57. The molecule has 2 aliphatic rings. The number of alkyl halides is 3. The van der Waals surface area contributed by atoms with Crippen LogP contribution in [-0.2, 0) is 0 Å². The van der Waals surface area contributed by atoms with Gasteiger partial charge in [0.2, 0.25) is 6.17 Å². The second-order valence-electron chi connectivity index (χ2n) is 7.59. The Kier molecular flexibility index (Phi) is 4.23. The summed E-state index contributed by atoms with van der Waals surface area (Å²) in [5.41, 5.74) is 0.733. The lowest BCUT2D eigenvalue weighted by Gasteiger charge is -2.34. The molecule has 5 rings (SSSR count). The highest BCUT2D eigenvalue weighted by atomic mass is 19.4. The quantitative estimate of drug-likeness (QED) is 0.545. The largest absolute Gasteiger partial charge is 0.428 e. The van der Waals surface area contributed by atoms with Crippen LogP contribution in [0.25, 0.3) is 10.9 Å². The van der Waals surface area contributed by atoms with Crippen molar-refractivity contribution in [2.45, 2.75) is 37.5 Å². The minimum absolute atomic E-state index is 0.0569. The van der Waals surface area contributed by atoms with E-state index in [-0.39, 0.29) is 22.7 Å². The van der Waals surface area contributed by atoms with E-state index >= 15 is 0 Å². The maximum Gasteiger partial charge on any atom is 0.428 e. The fourth-order valence-corrected chi connectivity index (χ4v) is 4.09. The Morgan fingerprint density at radius 2 is 1.77 bits per heavy atom.